The molecule has 3 rings (SSSR count). The number of carbonyl (C=O) groups is 1. The largest absolute Gasteiger partial charge is 0.383 e. The van der Waals surface area contributed by atoms with Crippen LogP contribution in [-0.2, 0) is 11.3 Å². The molecule has 2 N–H and O–H groups in total. The van der Waals surface area contributed by atoms with Crippen LogP contribution in [0.15, 0.2) is 24.5 Å². The first kappa shape index (κ1) is 12.8. The molecule has 0 spiro atoms. The highest BCUT2D eigenvalue weighted by atomic mass is 16.2. The van der Waals surface area contributed by atoms with Gasteiger partial charge in [-0.25, -0.2) is 9.97 Å². The van der Waals surface area contributed by atoms with Crippen molar-refractivity contribution in [3.8, 4) is 0 Å². The van der Waals surface area contributed by atoms with Crippen LogP contribution in [0.3, 0.4) is 0 Å². The highest BCUT2D eigenvalue weighted by Gasteiger charge is 2.21. The number of carbonyl (C=O) groups excluding carboxylic acids is 1. The van der Waals surface area contributed by atoms with E-state index in [-0.39, 0.29) is 5.91 Å². The Hall–Kier alpha value is -2.21. The van der Waals surface area contributed by atoms with Crippen LogP contribution in [-0.4, -0.2) is 52.4 Å². The zero-order valence-corrected chi connectivity index (χ0v) is 11.4. The molecule has 1 aliphatic heterocycles. The molecule has 1 fully saturated rings. The molecular formula is C14H17N5O. The minimum Gasteiger partial charge on any atom is -0.383 e. The van der Waals surface area contributed by atoms with Gasteiger partial charge in [-0.3, -0.25) is 9.69 Å². The van der Waals surface area contributed by atoms with Crippen molar-refractivity contribution in [2.45, 2.75) is 6.54 Å². The lowest BCUT2D eigenvalue weighted by molar-refractivity contribution is -0.136. The third kappa shape index (κ3) is 2.42. The Balaban J connectivity index is 1.83. The summed E-state index contributed by atoms with van der Waals surface area (Å²) in [4.78, 5) is 24.1. The normalized spacial score (nSPS) is 16.9. The van der Waals surface area contributed by atoms with Crippen LogP contribution in [0.4, 0.5) is 5.82 Å². The van der Waals surface area contributed by atoms with Crippen LogP contribution in [0.2, 0.25) is 0 Å². The van der Waals surface area contributed by atoms with Gasteiger partial charge in [0, 0.05) is 25.0 Å². The number of anilines is 1. The number of nitrogens with two attached hydrogens (primary N) is 1. The van der Waals surface area contributed by atoms with Gasteiger partial charge in [0.15, 0.2) is 0 Å². The Morgan fingerprint density at radius 3 is 2.95 bits per heavy atom. The molecule has 0 unspecified atom stereocenters. The average molecular weight is 271 g/mol. The fraction of sp³-hybridized carbons (Fsp3) is 0.357. The maximum Gasteiger partial charge on any atom is 0.237 e. The van der Waals surface area contributed by atoms with Gasteiger partial charge in [0.25, 0.3) is 0 Å². The number of likely N-dealkylation sites (N-methyl/N-ethyl adjacent to an activating group) is 1. The number of hydrogen-bond donors (Lipinski definition) is 1. The van der Waals surface area contributed by atoms with Crippen molar-refractivity contribution in [3.63, 3.8) is 0 Å². The number of nitrogens with zero attached hydrogens (tertiary/aromatic N) is 4. The lowest BCUT2D eigenvalue weighted by Crippen LogP contribution is -2.48. The second-order valence-electron chi connectivity index (χ2n) is 5.16. The van der Waals surface area contributed by atoms with Crippen LogP contribution in [0.1, 0.15) is 5.56 Å². The molecule has 0 radical (unpaired) electrons. The summed E-state index contributed by atoms with van der Waals surface area (Å²) in [5.41, 5.74) is 7.69. The van der Waals surface area contributed by atoms with Crippen LogP contribution in [0.25, 0.3) is 10.9 Å². The van der Waals surface area contributed by atoms with E-state index in [1.165, 1.54) is 6.33 Å². The standard InChI is InChI=1S/C14H17N5O/c1-18-4-5-19(13(20)8-18)7-10-2-3-11-12(6-10)16-9-17-14(11)15/h2-3,6,9H,4-5,7-8H2,1H3,(H2,15,16,17). The molecule has 2 heterocycles. The zero-order valence-electron chi connectivity index (χ0n) is 11.4. The predicted molar refractivity (Wildman–Crippen MR) is 76.9 cm³/mol. The zero-order chi connectivity index (χ0) is 14.1. The Bertz CT molecular complexity index is 657. The maximum atomic E-state index is 12.0. The second kappa shape index (κ2) is 5.05. The van der Waals surface area contributed by atoms with Crippen molar-refractivity contribution in [2.75, 3.05) is 32.4 Å². The predicted octanol–water partition coefficient (Wildman–Crippen LogP) is 0.486. The lowest BCUT2D eigenvalue weighted by atomic mass is 10.1. The van der Waals surface area contributed by atoms with Gasteiger partial charge in [0.2, 0.25) is 5.91 Å². The number of fused-ring (bicyclic) bond motifs is 1. The fourth-order valence-electron chi connectivity index (χ4n) is 2.44. The van der Waals surface area contributed by atoms with Gasteiger partial charge >= 0.3 is 0 Å². The van der Waals surface area contributed by atoms with Gasteiger partial charge in [-0.1, -0.05) is 6.07 Å². The number of benzene rings is 1. The molecule has 0 saturated carbocycles. The summed E-state index contributed by atoms with van der Waals surface area (Å²) in [5.74, 6) is 0.651. The summed E-state index contributed by atoms with van der Waals surface area (Å²) in [7, 11) is 1.96. The number of aromatic nitrogens is 2. The van der Waals surface area contributed by atoms with Crippen molar-refractivity contribution in [3.05, 3.63) is 30.1 Å². The molecule has 0 bridgehead atoms. The topological polar surface area (TPSA) is 75.3 Å². The van der Waals surface area contributed by atoms with Crippen LogP contribution >= 0.6 is 0 Å². The highest BCUT2D eigenvalue weighted by molar-refractivity contribution is 5.88. The van der Waals surface area contributed by atoms with E-state index >= 15 is 0 Å². The lowest BCUT2D eigenvalue weighted by Gasteiger charge is -2.32. The van der Waals surface area contributed by atoms with Gasteiger partial charge in [-0.05, 0) is 24.7 Å². The molecule has 1 aliphatic rings. The second-order valence-corrected chi connectivity index (χ2v) is 5.16. The van der Waals surface area contributed by atoms with Gasteiger partial charge in [-0.2, -0.15) is 0 Å². The van der Waals surface area contributed by atoms with E-state index in [4.69, 9.17) is 5.73 Å². The van der Waals surface area contributed by atoms with E-state index in [0.29, 0.717) is 18.9 Å². The summed E-state index contributed by atoms with van der Waals surface area (Å²) >= 11 is 0. The minimum absolute atomic E-state index is 0.168. The van der Waals surface area contributed by atoms with Crippen molar-refractivity contribution in [2.24, 2.45) is 0 Å². The molecule has 6 nitrogen and oxygen atoms in total. The van der Waals surface area contributed by atoms with Crippen molar-refractivity contribution in [1.29, 1.82) is 0 Å². The average Bonchev–Trinajstić information content (AvgIpc) is 2.42. The summed E-state index contributed by atoms with van der Waals surface area (Å²) in [6.45, 7) is 2.78. The molecule has 0 aliphatic carbocycles. The SMILES string of the molecule is CN1CCN(Cc2ccc3c(N)ncnc3c2)C(=O)C1. The Labute approximate surface area is 117 Å². The first-order valence-electron chi connectivity index (χ1n) is 6.59. The number of piperazine rings is 1. The van der Waals surface area contributed by atoms with Gasteiger partial charge < -0.3 is 10.6 Å². The Morgan fingerprint density at radius 1 is 1.30 bits per heavy atom. The molecule has 104 valence electrons. The number of nitrogen functional groups attached to an aromatic ring is 1. The first-order chi connectivity index (χ1) is 9.63. The van der Waals surface area contributed by atoms with E-state index in [0.717, 1.165) is 29.6 Å². The van der Waals surface area contributed by atoms with Crippen LogP contribution < -0.4 is 5.73 Å². The monoisotopic (exact) mass is 271 g/mol. The van der Waals surface area contributed by atoms with E-state index in [1.54, 1.807) is 0 Å². The molecule has 1 aromatic heterocycles. The molecule has 1 amide bonds. The molecule has 1 aromatic carbocycles. The number of rotatable bonds is 2. The van der Waals surface area contributed by atoms with Gasteiger partial charge in [-0.15, -0.1) is 0 Å². The number of hydrogen-bond acceptors (Lipinski definition) is 5. The first-order valence-corrected chi connectivity index (χ1v) is 6.59. The van der Waals surface area contributed by atoms with Gasteiger partial charge in [0.1, 0.15) is 12.1 Å². The third-order valence-corrected chi connectivity index (χ3v) is 3.61. The third-order valence-electron chi connectivity index (χ3n) is 3.61. The molecule has 2 aromatic rings. The van der Waals surface area contributed by atoms with Crippen molar-refractivity contribution < 1.29 is 4.79 Å². The van der Waals surface area contributed by atoms with E-state index in [9.17, 15) is 4.79 Å². The van der Waals surface area contributed by atoms with E-state index in [1.807, 2.05) is 35.0 Å². The van der Waals surface area contributed by atoms with Crippen molar-refractivity contribution in [1.82, 2.24) is 19.8 Å². The Morgan fingerprint density at radius 2 is 2.15 bits per heavy atom. The summed E-state index contributed by atoms with van der Waals surface area (Å²) in [6.07, 6.45) is 1.46. The summed E-state index contributed by atoms with van der Waals surface area (Å²) < 4.78 is 0. The van der Waals surface area contributed by atoms with Crippen LogP contribution in [0.5, 0.6) is 0 Å². The smallest absolute Gasteiger partial charge is 0.237 e. The van der Waals surface area contributed by atoms with E-state index in [2.05, 4.69) is 9.97 Å². The molecule has 0 atom stereocenters. The number of amides is 1. The molecular weight excluding hydrogens is 254 g/mol. The van der Waals surface area contributed by atoms with E-state index < -0.39 is 0 Å². The van der Waals surface area contributed by atoms with Crippen LogP contribution in [0, 0.1) is 0 Å². The quantitative estimate of drug-likeness (QED) is 0.860. The Kier molecular flexibility index (Phi) is 3.23. The summed E-state index contributed by atoms with van der Waals surface area (Å²) in [5, 5.41) is 0.848. The minimum atomic E-state index is 0.168. The maximum absolute atomic E-state index is 12.0. The molecule has 6 heteroatoms. The molecule has 20 heavy (non-hydrogen) atoms. The van der Waals surface area contributed by atoms with Gasteiger partial charge in [0.05, 0.1) is 12.1 Å². The highest BCUT2D eigenvalue weighted by Crippen LogP contribution is 2.19. The molecule has 1 saturated heterocycles. The summed E-state index contributed by atoms with van der Waals surface area (Å²) in [6, 6.07) is 5.87. The fourth-order valence-corrected chi connectivity index (χ4v) is 2.44. The van der Waals surface area contributed by atoms with Crippen molar-refractivity contribution >= 4 is 22.6 Å².